The van der Waals surface area contributed by atoms with E-state index >= 15 is 0 Å². The van der Waals surface area contributed by atoms with E-state index in [0.29, 0.717) is 11.4 Å². The fraction of sp³-hybridized carbons (Fsp3) is 0.208. The Morgan fingerprint density at radius 2 is 2.03 bits per heavy atom. The Morgan fingerprint density at radius 3 is 2.73 bits per heavy atom. The molecule has 3 aromatic rings. The van der Waals surface area contributed by atoms with E-state index in [1.165, 1.54) is 29.1 Å². The first-order valence-electron chi connectivity index (χ1n) is 10.4. The fourth-order valence-corrected chi connectivity index (χ4v) is 3.75. The highest BCUT2D eigenvalue weighted by molar-refractivity contribution is 6.05. The van der Waals surface area contributed by atoms with Crippen molar-refractivity contribution in [1.29, 1.82) is 0 Å². The van der Waals surface area contributed by atoms with Gasteiger partial charge >= 0.3 is 0 Å². The number of hydrogen-bond acceptors (Lipinski definition) is 5. The van der Waals surface area contributed by atoms with Gasteiger partial charge in [-0.25, -0.2) is 14.1 Å². The summed E-state index contributed by atoms with van der Waals surface area (Å²) in [5.74, 6) is -0.361. The van der Waals surface area contributed by atoms with Crippen LogP contribution < -0.4 is 21.3 Å². The maximum Gasteiger partial charge on any atom is 0.284 e. The Kier molecular flexibility index (Phi) is 5.87. The molecule has 1 unspecified atom stereocenters. The molecule has 1 amide bonds. The lowest BCUT2D eigenvalue weighted by Crippen LogP contribution is -2.28. The van der Waals surface area contributed by atoms with Crippen molar-refractivity contribution in [3.63, 3.8) is 0 Å². The third-order valence-electron chi connectivity index (χ3n) is 5.60. The van der Waals surface area contributed by atoms with Gasteiger partial charge in [0.05, 0.1) is 11.4 Å². The summed E-state index contributed by atoms with van der Waals surface area (Å²) in [6.07, 6.45) is 8.07. The lowest BCUT2D eigenvalue weighted by molar-refractivity contribution is 0.102. The van der Waals surface area contributed by atoms with Crippen molar-refractivity contribution >= 4 is 23.1 Å². The predicted molar refractivity (Wildman–Crippen MR) is 125 cm³/mol. The molecule has 2 aromatic heterocycles. The van der Waals surface area contributed by atoms with Gasteiger partial charge in [0.25, 0.3) is 11.5 Å². The third-order valence-corrected chi connectivity index (χ3v) is 5.60. The van der Waals surface area contributed by atoms with E-state index in [9.17, 15) is 14.0 Å². The van der Waals surface area contributed by atoms with E-state index in [1.807, 2.05) is 25.2 Å². The van der Waals surface area contributed by atoms with Crippen molar-refractivity contribution < 1.29 is 13.9 Å². The number of halogens is 1. The minimum Gasteiger partial charge on any atom is -0.457 e. The lowest BCUT2D eigenvalue weighted by atomic mass is 9.99. The van der Waals surface area contributed by atoms with E-state index in [1.54, 1.807) is 24.7 Å². The molecular weight excluding hydrogens is 425 g/mol. The van der Waals surface area contributed by atoms with Crippen LogP contribution in [0, 0.1) is 18.7 Å². The molecule has 2 heterocycles. The van der Waals surface area contributed by atoms with Gasteiger partial charge in [-0.1, -0.05) is 19.1 Å². The molecule has 0 saturated carbocycles. The molecule has 0 fully saturated rings. The number of carbonyl (C=O) groups excluding carboxylic acids is 1. The van der Waals surface area contributed by atoms with Crippen molar-refractivity contribution in [1.82, 2.24) is 14.3 Å². The highest BCUT2D eigenvalue weighted by atomic mass is 19.1. The summed E-state index contributed by atoms with van der Waals surface area (Å²) < 4.78 is 23.4. The van der Waals surface area contributed by atoms with Gasteiger partial charge in [0, 0.05) is 37.0 Å². The van der Waals surface area contributed by atoms with E-state index in [0.717, 1.165) is 18.2 Å². The lowest BCUT2D eigenvalue weighted by Gasteiger charge is -2.19. The van der Waals surface area contributed by atoms with Crippen molar-refractivity contribution in [2.45, 2.75) is 20.3 Å². The predicted octanol–water partition coefficient (Wildman–Crippen LogP) is 4.09. The summed E-state index contributed by atoms with van der Waals surface area (Å²) >= 11 is 0. The molecule has 0 spiro atoms. The molecule has 0 saturated heterocycles. The first-order chi connectivity index (χ1) is 15.8. The monoisotopic (exact) mass is 449 g/mol. The zero-order valence-corrected chi connectivity index (χ0v) is 18.5. The molecule has 4 rings (SSSR count). The molecule has 0 bridgehead atoms. The van der Waals surface area contributed by atoms with Crippen LogP contribution in [0.1, 0.15) is 29.4 Å². The van der Waals surface area contributed by atoms with Crippen molar-refractivity contribution in [2.75, 3.05) is 11.1 Å². The number of pyridine rings is 1. The van der Waals surface area contributed by atoms with Gasteiger partial charge < -0.3 is 15.8 Å². The number of ether oxygens (including phenoxy) is 1. The summed E-state index contributed by atoms with van der Waals surface area (Å²) in [4.78, 5) is 30.0. The molecular formula is C24H24FN5O3. The number of nitrogens with one attached hydrogen (secondary N) is 1. The number of nitrogens with two attached hydrogens (primary N) is 1. The van der Waals surface area contributed by atoms with Gasteiger partial charge in [0.2, 0.25) is 0 Å². The molecule has 33 heavy (non-hydrogen) atoms. The Bertz CT molecular complexity index is 1350. The molecule has 9 heteroatoms. The zero-order chi connectivity index (χ0) is 23.7. The SMILES string of the molecule is Cc1c(C(=O)Nc2ccc(Oc3ccnc(N)c3)cc2F)c(=O)n(C2=CC=CCC2C)n1C. The van der Waals surface area contributed by atoms with Crippen LogP contribution in [0.2, 0.25) is 0 Å². The van der Waals surface area contributed by atoms with Crippen LogP contribution in [-0.2, 0) is 7.05 Å². The van der Waals surface area contributed by atoms with Crippen LogP contribution >= 0.6 is 0 Å². The quantitative estimate of drug-likeness (QED) is 0.611. The van der Waals surface area contributed by atoms with Crippen LogP contribution in [0.5, 0.6) is 11.5 Å². The zero-order valence-electron chi connectivity index (χ0n) is 18.5. The second-order valence-electron chi connectivity index (χ2n) is 7.87. The Balaban J connectivity index is 1.59. The molecule has 1 aliphatic carbocycles. The van der Waals surface area contributed by atoms with Crippen LogP contribution in [0.3, 0.4) is 0 Å². The van der Waals surface area contributed by atoms with Crippen molar-refractivity contribution in [2.24, 2.45) is 13.0 Å². The maximum absolute atomic E-state index is 14.7. The number of hydrogen-bond donors (Lipinski definition) is 2. The largest absolute Gasteiger partial charge is 0.457 e. The van der Waals surface area contributed by atoms with Crippen LogP contribution in [0.4, 0.5) is 15.9 Å². The number of nitrogens with zero attached hydrogens (tertiary/aromatic N) is 3. The van der Waals surface area contributed by atoms with E-state index in [4.69, 9.17) is 10.5 Å². The number of allylic oxidation sites excluding steroid dienone is 4. The number of carbonyl (C=O) groups is 1. The Hall–Kier alpha value is -4.14. The minimum absolute atomic E-state index is 0.0351. The van der Waals surface area contributed by atoms with Crippen LogP contribution in [0.15, 0.2) is 59.6 Å². The van der Waals surface area contributed by atoms with Gasteiger partial charge in [0.1, 0.15) is 28.7 Å². The molecule has 0 aliphatic heterocycles. The van der Waals surface area contributed by atoms with E-state index in [-0.39, 0.29) is 28.7 Å². The average molecular weight is 449 g/mol. The third kappa shape index (κ3) is 4.30. The van der Waals surface area contributed by atoms with Gasteiger partial charge in [0.15, 0.2) is 0 Å². The number of nitrogen functional groups attached to an aromatic ring is 1. The fourth-order valence-electron chi connectivity index (χ4n) is 3.75. The van der Waals surface area contributed by atoms with E-state index in [2.05, 4.69) is 10.3 Å². The van der Waals surface area contributed by atoms with Crippen LogP contribution in [-0.4, -0.2) is 20.3 Å². The van der Waals surface area contributed by atoms with Gasteiger partial charge in [-0.15, -0.1) is 0 Å². The number of benzene rings is 1. The second-order valence-corrected chi connectivity index (χ2v) is 7.87. The number of aromatic nitrogens is 3. The van der Waals surface area contributed by atoms with Gasteiger partial charge in [-0.3, -0.25) is 14.3 Å². The van der Waals surface area contributed by atoms with E-state index < -0.39 is 17.3 Å². The van der Waals surface area contributed by atoms with Gasteiger partial charge in [-0.2, -0.15) is 0 Å². The summed E-state index contributed by atoms with van der Waals surface area (Å²) in [6.45, 7) is 3.70. The molecule has 1 aromatic carbocycles. The second kappa shape index (κ2) is 8.78. The first-order valence-corrected chi connectivity index (χ1v) is 10.4. The molecule has 1 aliphatic rings. The number of anilines is 2. The highest BCUT2D eigenvalue weighted by Gasteiger charge is 2.25. The van der Waals surface area contributed by atoms with Gasteiger partial charge in [-0.05, 0) is 37.6 Å². The highest BCUT2D eigenvalue weighted by Crippen LogP contribution is 2.27. The minimum atomic E-state index is -0.703. The average Bonchev–Trinajstić information content (AvgIpc) is 2.99. The maximum atomic E-state index is 14.7. The normalized spacial score (nSPS) is 15.3. The summed E-state index contributed by atoms with van der Waals surface area (Å²) in [5.41, 5.74) is 6.36. The Morgan fingerprint density at radius 1 is 1.27 bits per heavy atom. The first kappa shape index (κ1) is 22.1. The summed E-state index contributed by atoms with van der Waals surface area (Å²) in [6, 6.07) is 7.12. The summed E-state index contributed by atoms with van der Waals surface area (Å²) in [5, 5.41) is 2.50. The standard InChI is InChI=1S/C24H24FN5O3/c1-14-6-4-5-7-20(14)30-24(32)22(15(2)29(30)3)23(31)28-19-9-8-16(12-18(19)25)33-17-10-11-27-21(26)13-17/h4-5,7-14H,6H2,1-3H3,(H2,26,27)(H,28,31). The van der Waals surface area contributed by atoms with Crippen molar-refractivity contribution in [3.05, 3.63) is 82.2 Å². The molecule has 170 valence electrons. The number of rotatable bonds is 5. The smallest absolute Gasteiger partial charge is 0.284 e. The van der Waals surface area contributed by atoms with Crippen LogP contribution in [0.25, 0.3) is 5.70 Å². The molecule has 0 radical (unpaired) electrons. The molecule has 8 nitrogen and oxygen atoms in total. The molecule has 1 atom stereocenters. The number of amides is 1. The Labute approximate surface area is 189 Å². The molecule has 3 N–H and O–H groups in total. The summed E-state index contributed by atoms with van der Waals surface area (Å²) in [7, 11) is 1.72. The topological polar surface area (TPSA) is 104 Å². The van der Waals surface area contributed by atoms with Crippen molar-refractivity contribution in [3.8, 4) is 11.5 Å².